The van der Waals surface area contributed by atoms with Crippen molar-refractivity contribution in [2.75, 3.05) is 18.4 Å². The van der Waals surface area contributed by atoms with Crippen molar-refractivity contribution in [2.45, 2.75) is 33.3 Å². The van der Waals surface area contributed by atoms with Crippen molar-refractivity contribution in [3.8, 4) is 5.75 Å². The van der Waals surface area contributed by atoms with E-state index in [1.807, 2.05) is 0 Å². The normalized spacial score (nSPS) is 11.4. The summed E-state index contributed by atoms with van der Waals surface area (Å²) in [5.41, 5.74) is 2.96. The lowest BCUT2D eigenvalue weighted by atomic mass is 10.1. The van der Waals surface area contributed by atoms with Gasteiger partial charge in [0.2, 0.25) is 0 Å². The number of hydrogen-bond donors (Lipinski definition) is 3. The van der Waals surface area contributed by atoms with Gasteiger partial charge in [-0.25, -0.2) is 0 Å². The minimum Gasteiger partial charge on any atom is -0.406 e. The molecule has 3 N–H and O–H groups in total. The van der Waals surface area contributed by atoms with Gasteiger partial charge in [0.1, 0.15) is 12.3 Å². The van der Waals surface area contributed by atoms with Crippen molar-refractivity contribution < 1.29 is 22.8 Å². The predicted octanol–water partition coefficient (Wildman–Crippen LogP) is 3.50. The van der Waals surface area contributed by atoms with Gasteiger partial charge in [-0.2, -0.15) is 0 Å². The second-order valence-corrected chi connectivity index (χ2v) is 6.74. The summed E-state index contributed by atoms with van der Waals surface area (Å²) < 4.78 is 40.3. The van der Waals surface area contributed by atoms with Crippen molar-refractivity contribution in [1.29, 1.82) is 0 Å². The predicted molar refractivity (Wildman–Crippen MR) is 108 cm³/mol. The molecule has 2 rings (SSSR count). The minimum absolute atomic E-state index is 0.274. The fourth-order valence-electron chi connectivity index (χ4n) is 2.66. The van der Waals surface area contributed by atoms with E-state index < -0.39 is 6.36 Å². The van der Waals surface area contributed by atoms with E-state index in [2.05, 4.69) is 53.5 Å². The van der Waals surface area contributed by atoms with E-state index in [9.17, 15) is 13.2 Å². The molecule has 0 amide bonds. The number of benzene rings is 2. The van der Waals surface area contributed by atoms with Crippen LogP contribution in [0.4, 0.5) is 18.9 Å². The highest BCUT2D eigenvalue weighted by molar-refractivity contribution is 7.80. The SMILES string of the molecule is CC[NH+](CC)Cc1ccc(CNC(=S)Nc2ccc(OC(F)(F)F)cc2)cc1. The maximum absolute atomic E-state index is 12.2. The lowest BCUT2D eigenvalue weighted by molar-refractivity contribution is -0.910. The summed E-state index contributed by atoms with van der Waals surface area (Å²) in [6, 6.07) is 13.8. The van der Waals surface area contributed by atoms with Crippen molar-refractivity contribution in [2.24, 2.45) is 0 Å². The van der Waals surface area contributed by atoms with Crippen molar-refractivity contribution in [3.05, 3.63) is 59.7 Å². The third-order valence-electron chi connectivity index (χ3n) is 4.28. The van der Waals surface area contributed by atoms with Crippen LogP contribution in [0.1, 0.15) is 25.0 Å². The molecule has 0 spiro atoms. The number of nitrogens with one attached hydrogen (secondary N) is 3. The number of rotatable bonds is 8. The lowest BCUT2D eigenvalue weighted by Crippen LogP contribution is -3.10. The van der Waals surface area contributed by atoms with E-state index in [0.29, 0.717) is 17.3 Å². The topological polar surface area (TPSA) is 37.7 Å². The van der Waals surface area contributed by atoms with Gasteiger partial charge in [-0.3, -0.25) is 0 Å². The van der Waals surface area contributed by atoms with Crippen molar-refractivity contribution in [3.63, 3.8) is 0 Å². The summed E-state index contributed by atoms with van der Waals surface area (Å²) in [7, 11) is 0. The molecule has 28 heavy (non-hydrogen) atoms. The summed E-state index contributed by atoms with van der Waals surface area (Å²) in [5, 5.41) is 6.41. The zero-order valence-electron chi connectivity index (χ0n) is 15.9. The molecule has 0 unspecified atom stereocenters. The molecular formula is C20H25F3N3OS+. The van der Waals surface area contributed by atoms with Crippen LogP contribution >= 0.6 is 12.2 Å². The van der Waals surface area contributed by atoms with Gasteiger partial charge in [0, 0.05) is 17.8 Å². The van der Waals surface area contributed by atoms with E-state index in [0.717, 1.165) is 25.2 Å². The molecule has 0 aliphatic heterocycles. The molecule has 2 aromatic rings. The average molecular weight is 413 g/mol. The maximum atomic E-state index is 12.2. The third kappa shape index (κ3) is 7.74. The van der Waals surface area contributed by atoms with Crippen LogP contribution in [0.15, 0.2) is 48.5 Å². The van der Waals surface area contributed by atoms with Crippen molar-refractivity contribution in [1.82, 2.24) is 5.32 Å². The Morgan fingerprint density at radius 3 is 2.07 bits per heavy atom. The van der Waals surface area contributed by atoms with Gasteiger partial charge in [0.15, 0.2) is 5.11 Å². The average Bonchev–Trinajstić information content (AvgIpc) is 2.66. The molecule has 0 atom stereocenters. The number of thiocarbonyl (C=S) groups is 1. The fraction of sp³-hybridized carbons (Fsp3) is 0.350. The summed E-state index contributed by atoms with van der Waals surface area (Å²) in [4.78, 5) is 1.53. The van der Waals surface area contributed by atoms with Crippen molar-refractivity contribution >= 4 is 23.0 Å². The third-order valence-corrected chi connectivity index (χ3v) is 4.52. The van der Waals surface area contributed by atoms with Crippen LogP contribution in [-0.4, -0.2) is 24.6 Å². The number of ether oxygens (including phenoxy) is 1. The molecule has 0 aromatic heterocycles. The van der Waals surface area contributed by atoms with Crippen LogP contribution in [-0.2, 0) is 13.1 Å². The maximum Gasteiger partial charge on any atom is 0.573 e. The lowest BCUT2D eigenvalue weighted by Gasteiger charge is -2.15. The first-order chi connectivity index (χ1) is 13.3. The van der Waals surface area contributed by atoms with Crippen LogP contribution in [0.3, 0.4) is 0 Å². The Bertz CT molecular complexity index is 745. The van der Waals surface area contributed by atoms with E-state index in [-0.39, 0.29) is 5.75 Å². The first kappa shape index (κ1) is 22.0. The van der Waals surface area contributed by atoms with Crippen LogP contribution in [0, 0.1) is 0 Å². The molecule has 0 fully saturated rings. The molecule has 8 heteroatoms. The molecule has 2 aromatic carbocycles. The van der Waals surface area contributed by atoms with Gasteiger partial charge < -0.3 is 20.3 Å². The van der Waals surface area contributed by atoms with Crippen LogP contribution in [0.2, 0.25) is 0 Å². The molecular weight excluding hydrogens is 387 g/mol. The second-order valence-electron chi connectivity index (χ2n) is 6.33. The molecule has 4 nitrogen and oxygen atoms in total. The van der Waals surface area contributed by atoms with E-state index in [1.54, 1.807) is 0 Å². The summed E-state index contributed by atoms with van der Waals surface area (Å²) in [5.74, 6) is -0.274. The summed E-state index contributed by atoms with van der Waals surface area (Å²) in [6.45, 7) is 8.13. The Kier molecular flexibility index (Phi) is 8.07. The largest absolute Gasteiger partial charge is 0.573 e. The Labute approximate surface area is 168 Å². The van der Waals surface area contributed by atoms with Gasteiger partial charge in [0.25, 0.3) is 0 Å². The fourth-order valence-corrected chi connectivity index (χ4v) is 2.85. The zero-order chi connectivity index (χ0) is 20.6. The molecule has 0 saturated heterocycles. The molecule has 0 saturated carbocycles. The Morgan fingerprint density at radius 1 is 0.964 bits per heavy atom. The Balaban J connectivity index is 1.80. The highest BCUT2D eigenvalue weighted by Crippen LogP contribution is 2.23. The summed E-state index contributed by atoms with van der Waals surface area (Å²) >= 11 is 5.23. The van der Waals surface area contributed by atoms with E-state index in [1.165, 1.54) is 34.7 Å². The molecule has 152 valence electrons. The quantitative estimate of drug-likeness (QED) is 0.581. The van der Waals surface area contributed by atoms with Gasteiger partial charge >= 0.3 is 6.36 Å². The van der Waals surface area contributed by atoms with Crippen LogP contribution < -0.4 is 20.3 Å². The van der Waals surface area contributed by atoms with E-state index in [4.69, 9.17) is 12.2 Å². The standard InChI is InChI=1S/C20H24F3N3OS/c1-3-26(4-2)14-16-7-5-15(6-8-16)13-24-19(28)25-17-9-11-18(12-10-17)27-20(21,22)23/h5-12H,3-4,13-14H2,1-2H3,(H2,24,25,28)/p+1. The zero-order valence-corrected chi connectivity index (χ0v) is 16.7. The molecule has 0 bridgehead atoms. The van der Waals surface area contributed by atoms with Crippen LogP contribution in [0.5, 0.6) is 5.75 Å². The number of hydrogen-bond acceptors (Lipinski definition) is 2. The summed E-state index contributed by atoms with van der Waals surface area (Å²) in [6.07, 6.45) is -4.70. The number of alkyl halides is 3. The van der Waals surface area contributed by atoms with Gasteiger partial charge in [0.05, 0.1) is 13.1 Å². The first-order valence-electron chi connectivity index (χ1n) is 9.11. The van der Waals surface area contributed by atoms with Gasteiger partial charge in [-0.1, -0.05) is 24.3 Å². The Hall–Kier alpha value is -2.32. The second kappa shape index (κ2) is 10.3. The van der Waals surface area contributed by atoms with E-state index >= 15 is 0 Å². The minimum atomic E-state index is -4.70. The highest BCUT2D eigenvalue weighted by atomic mass is 32.1. The number of anilines is 1. The molecule has 0 aliphatic carbocycles. The Morgan fingerprint density at radius 2 is 1.54 bits per heavy atom. The molecule has 0 radical (unpaired) electrons. The van der Waals surface area contributed by atoms with Gasteiger partial charge in [-0.15, -0.1) is 13.2 Å². The van der Waals surface area contributed by atoms with Gasteiger partial charge in [-0.05, 0) is 55.9 Å². The molecule has 0 heterocycles. The number of quaternary nitrogens is 1. The smallest absolute Gasteiger partial charge is 0.406 e. The first-order valence-corrected chi connectivity index (χ1v) is 9.52. The molecule has 0 aliphatic rings. The number of halogens is 3. The highest BCUT2D eigenvalue weighted by Gasteiger charge is 2.30. The monoisotopic (exact) mass is 412 g/mol. The van der Waals surface area contributed by atoms with Crippen LogP contribution in [0.25, 0.3) is 0 Å².